The Hall–Kier alpha value is -3.16. The Morgan fingerprint density at radius 2 is 1.71 bits per heavy atom. The molecule has 178 valence electrons. The molecule has 1 unspecified atom stereocenters. The molecular formula is C26H29ClN4O3. The lowest BCUT2D eigenvalue weighted by atomic mass is 9.70. The monoisotopic (exact) mass is 480 g/mol. The van der Waals surface area contributed by atoms with Crippen molar-refractivity contribution in [1.82, 2.24) is 14.5 Å². The van der Waals surface area contributed by atoms with Gasteiger partial charge in [-0.15, -0.1) is 12.4 Å². The Kier molecular flexibility index (Phi) is 6.77. The van der Waals surface area contributed by atoms with Gasteiger partial charge >= 0.3 is 5.97 Å². The first-order valence-corrected chi connectivity index (χ1v) is 11.4. The van der Waals surface area contributed by atoms with Gasteiger partial charge in [-0.05, 0) is 49.0 Å². The van der Waals surface area contributed by atoms with Gasteiger partial charge in [-0.1, -0.05) is 54.6 Å². The van der Waals surface area contributed by atoms with Crippen LogP contribution in [0.1, 0.15) is 51.8 Å². The first kappa shape index (κ1) is 24.0. The number of rotatable bonds is 5. The summed E-state index contributed by atoms with van der Waals surface area (Å²) in [5.74, 6) is -0.925. The Labute approximate surface area is 205 Å². The topological polar surface area (TPSA) is 101 Å². The summed E-state index contributed by atoms with van der Waals surface area (Å²) in [6.07, 6.45) is 4.04. The van der Waals surface area contributed by atoms with Crippen LogP contribution in [0, 0.1) is 0 Å². The van der Waals surface area contributed by atoms with Crippen LogP contribution < -0.4 is 5.73 Å². The Bertz CT molecular complexity index is 1190. The zero-order valence-electron chi connectivity index (χ0n) is 18.9. The molecule has 5 rings (SSSR count). The van der Waals surface area contributed by atoms with Gasteiger partial charge in [0.2, 0.25) is 0 Å². The van der Waals surface area contributed by atoms with Gasteiger partial charge in [0.25, 0.3) is 5.91 Å². The number of fused-ring (bicyclic) bond motifs is 4. The molecule has 3 heterocycles. The van der Waals surface area contributed by atoms with E-state index in [1.54, 1.807) is 6.20 Å². The van der Waals surface area contributed by atoms with Gasteiger partial charge in [-0.3, -0.25) is 9.59 Å². The molecular weight excluding hydrogens is 452 g/mol. The summed E-state index contributed by atoms with van der Waals surface area (Å²) in [7, 11) is 0. The minimum Gasteiger partial charge on any atom is -0.481 e. The summed E-state index contributed by atoms with van der Waals surface area (Å²) in [6, 6.07) is 17.9. The van der Waals surface area contributed by atoms with E-state index < -0.39 is 17.8 Å². The molecule has 1 fully saturated rings. The number of carbonyl (C=O) groups excluding carboxylic acids is 1. The molecule has 34 heavy (non-hydrogen) atoms. The van der Waals surface area contributed by atoms with Gasteiger partial charge in [-0.25, -0.2) is 4.98 Å². The summed E-state index contributed by atoms with van der Waals surface area (Å²) < 4.78 is 2.00. The fourth-order valence-corrected chi connectivity index (χ4v) is 5.62. The van der Waals surface area contributed by atoms with Crippen molar-refractivity contribution in [3.8, 4) is 0 Å². The van der Waals surface area contributed by atoms with E-state index in [1.807, 2.05) is 34.9 Å². The van der Waals surface area contributed by atoms with E-state index in [2.05, 4.69) is 29.2 Å². The van der Waals surface area contributed by atoms with Crippen molar-refractivity contribution in [3.05, 3.63) is 89.0 Å². The van der Waals surface area contributed by atoms with Gasteiger partial charge in [0.1, 0.15) is 11.5 Å². The number of nitrogens with zero attached hydrogens (tertiary/aromatic N) is 3. The third-order valence-electron chi connectivity index (χ3n) is 7.32. The Balaban J connectivity index is 0.00000274. The van der Waals surface area contributed by atoms with Crippen molar-refractivity contribution in [3.63, 3.8) is 0 Å². The van der Waals surface area contributed by atoms with Crippen LogP contribution in [0.2, 0.25) is 0 Å². The van der Waals surface area contributed by atoms with Gasteiger partial charge < -0.3 is 20.3 Å². The molecule has 0 saturated carbocycles. The second-order valence-electron chi connectivity index (χ2n) is 9.07. The average molecular weight is 481 g/mol. The van der Waals surface area contributed by atoms with Crippen molar-refractivity contribution in [2.45, 2.75) is 37.1 Å². The van der Waals surface area contributed by atoms with Gasteiger partial charge in [0, 0.05) is 13.1 Å². The molecule has 3 aromatic rings. The van der Waals surface area contributed by atoms with Crippen LogP contribution in [0.4, 0.5) is 0 Å². The average Bonchev–Trinajstić information content (AvgIpc) is 3.22. The standard InChI is InChI=1S/C26H28N4O3.ClH/c27-23(31)22-16-28-25-26(21-9-5-4-8-19(21)10-13-30(22)25)11-14-29(15-12-26)17-20(24(32)33)18-6-2-1-3-7-18;/h1-9,16,20H,10-15,17H2,(H2,27,31)(H,32,33);1H. The summed E-state index contributed by atoms with van der Waals surface area (Å²) in [4.78, 5) is 31.1. The highest BCUT2D eigenvalue weighted by atomic mass is 35.5. The number of nitrogens with two attached hydrogens (primary N) is 1. The van der Waals surface area contributed by atoms with E-state index >= 15 is 0 Å². The predicted octanol–water partition coefficient (Wildman–Crippen LogP) is 3.21. The molecule has 1 aromatic heterocycles. The van der Waals surface area contributed by atoms with Crippen molar-refractivity contribution in [1.29, 1.82) is 0 Å². The number of benzene rings is 2. The van der Waals surface area contributed by atoms with Crippen molar-refractivity contribution >= 4 is 24.3 Å². The normalized spacial score (nSPS) is 17.6. The summed E-state index contributed by atoms with van der Waals surface area (Å²) in [5, 5.41) is 9.87. The molecule has 0 aliphatic carbocycles. The van der Waals surface area contributed by atoms with Crippen molar-refractivity contribution < 1.29 is 14.7 Å². The highest BCUT2D eigenvalue weighted by molar-refractivity contribution is 5.91. The molecule has 2 aliphatic rings. The second kappa shape index (κ2) is 9.60. The lowest BCUT2D eigenvalue weighted by Crippen LogP contribution is -2.46. The molecule has 1 amide bonds. The van der Waals surface area contributed by atoms with Crippen LogP contribution >= 0.6 is 12.4 Å². The van der Waals surface area contributed by atoms with Crippen LogP contribution in [0.15, 0.2) is 60.8 Å². The number of piperidine rings is 1. The van der Waals surface area contributed by atoms with Gasteiger partial charge in [0.05, 0.1) is 17.5 Å². The Morgan fingerprint density at radius 3 is 2.38 bits per heavy atom. The van der Waals surface area contributed by atoms with Gasteiger partial charge in [0.15, 0.2) is 0 Å². The maximum Gasteiger partial charge on any atom is 0.312 e. The molecule has 8 heteroatoms. The number of carbonyl (C=O) groups is 2. The molecule has 0 radical (unpaired) electrons. The fraction of sp³-hybridized carbons (Fsp3) is 0.346. The summed E-state index contributed by atoms with van der Waals surface area (Å²) in [5.41, 5.74) is 9.16. The van der Waals surface area contributed by atoms with E-state index in [0.717, 1.165) is 43.7 Å². The molecule has 7 nitrogen and oxygen atoms in total. The Morgan fingerprint density at radius 1 is 1.03 bits per heavy atom. The van der Waals surface area contributed by atoms with E-state index in [0.29, 0.717) is 18.8 Å². The predicted molar refractivity (Wildman–Crippen MR) is 131 cm³/mol. The van der Waals surface area contributed by atoms with E-state index in [9.17, 15) is 14.7 Å². The van der Waals surface area contributed by atoms with Gasteiger partial charge in [-0.2, -0.15) is 0 Å². The van der Waals surface area contributed by atoms with E-state index in [1.165, 1.54) is 11.1 Å². The molecule has 1 atom stereocenters. The first-order chi connectivity index (χ1) is 16.0. The molecule has 1 spiro atoms. The summed E-state index contributed by atoms with van der Waals surface area (Å²) in [6.45, 7) is 2.65. The number of hydrogen-bond donors (Lipinski definition) is 2. The minimum atomic E-state index is -0.803. The number of carboxylic acids is 1. The maximum atomic E-state index is 12.1. The van der Waals surface area contributed by atoms with Crippen LogP contribution in [-0.2, 0) is 23.2 Å². The van der Waals surface area contributed by atoms with Crippen molar-refractivity contribution in [2.24, 2.45) is 5.73 Å². The number of aromatic nitrogens is 2. The number of primary amides is 1. The number of halogens is 1. The van der Waals surface area contributed by atoms with E-state index in [-0.39, 0.29) is 17.8 Å². The number of amides is 1. The van der Waals surface area contributed by atoms with Crippen LogP contribution in [-0.4, -0.2) is 51.1 Å². The molecule has 2 aromatic carbocycles. The summed E-state index contributed by atoms with van der Waals surface area (Å²) >= 11 is 0. The number of carboxylic acid groups (broad SMARTS) is 1. The number of likely N-dealkylation sites (tertiary alicyclic amines) is 1. The lowest BCUT2D eigenvalue weighted by Gasteiger charge is -2.42. The maximum absolute atomic E-state index is 12.1. The fourth-order valence-electron chi connectivity index (χ4n) is 5.62. The van der Waals surface area contributed by atoms with Crippen LogP contribution in [0.3, 0.4) is 0 Å². The SMILES string of the molecule is Cl.NC(=O)c1cnc2n1CCc1ccccc1C21CCN(CC(C(=O)O)c2ccccc2)CC1. The van der Waals surface area contributed by atoms with Crippen LogP contribution in [0.5, 0.6) is 0 Å². The number of aryl methyl sites for hydroxylation is 1. The van der Waals surface area contributed by atoms with Crippen molar-refractivity contribution in [2.75, 3.05) is 19.6 Å². The zero-order chi connectivity index (χ0) is 23.0. The highest BCUT2D eigenvalue weighted by Gasteiger charge is 2.44. The highest BCUT2D eigenvalue weighted by Crippen LogP contribution is 2.44. The third-order valence-corrected chi connectivity index (χ3v) is 7.32. The first-order valence-electron chi connectivity index (χ1n) is 11.4. The molecule has 3 N–H and O–H groups in total. The lowest BCUT2D eigenvalue weighted by molar-refractivity contribution is -0.139. The molecule has 1 saturated heterocycles. The number of imidazole rings is 1. The largest absolute Gasteiger partial charge is 0.481 e. The number of aliphatic carboxylic acids is 1. The molecule has 0 bridgehead atoms. The molecule has 2 aliphatic heterocycles. The third kappa shape index (κ3) is 4.10. The number of hydrogen-bond acceptors (Lipinski definition) is 4. The van der Waals surface area contributed by atoms with Crippen LogP contribution in [0.25, 0.3) is 0 Å². The smallest absolute Gasteiger partial charge is 0.312 e. The quantitative estimate of drug-likeness (QED) is 0.584. The zero-order valence-corrected chi connectivity index (χ0v) is 19.7. The minimum absolute atomic E-state index is 0. The van der Waals surface area contributed by atoms with E-state index in [4.69, 9.17) is 10.7 Å². The second-order valence-corrected chi connectivity index (χ2v) is 9.07.